The average Bonchev–Trinajstić information content (AvgIpc) is 2.33. The Kier molecular flexibility index (Phi) is 1.87. The predicted molar refractivity (Wildman–Crippen MR) is 42.9 cm³/mol. The summed E-state index contributed by atoms with van der Waals surface area (Å²) in [5.41, 5.74) is 5.61. The second kappa shape index (κ2) is 2.66. The van der Waals surface area contributed by atoms with E-state index in [-0.39, 0.29) is 0 Å². The van der Waals surface area contributed by atoms with Crippen LogP contribution in [0.1, 0.15) is 15.2 Å². The molecule has 3 heteroatoms. The van der Waals surface area contributed by atoms with Crippen molar-refractivity contribution in [2.24, 2.45) is 5.73 Å². The normalized spacial score (nSPS) is 9.20. The number of nitrogens with two attached hydrogens (primary N) is 1. The smallest absolute Gasteiger partial charge is 0.250 e. The molecular formula is C7H7NOS. The lowest BCUT2D eigenvalue weighted by Crippen LogP contribution is -2.10. The van der Waals surface area contributed by atoms with E-state index in [1.165, 1.54) is 11.3 Å². The highest BCUT2D eigenvalue weighted by molar-refractivity contribution is 7.11. The van der Waals surface area contributed by atoms with Crippen LogP contribution >= 0.6 is 11.3 Å². The SMILES string of the molecule is C=Cc1sccc1C(N)=O. The molecular weight excluding hydrogens is 146 g/mol. The highest BCUT2D eigenvalue weighted by Gasteiger charge is 2.04. The first-order valence-corrected chi connectivity index (χ1v) is 3.63. The molecule has 2 nitrogen and oxygen atoms in total. The van der Waals surface area contributed by atoms with Crippen LogP contribution in [0.4, 0.5) is 0 Å². The van der Waals surface area contributed by atoms with E-state index in [0.29, 0.717) is 5.56 Å². The first-order chi connectivity index (χ1) is 4.75. The van der Waals surface area contributed by atoms with Gasteiger partial charge in [-0.15, -0.1) is 11.3 Å². The number of hydrogen-bond acceptors (Lipinski definition) is 2. The molecule has 0 unspecified atom stereocenters. The third-order valence-electron chi connectivity index (χ3n) is 1.15. The predicted octanol–water partition coefficient (Wildman–Crippen LogP) is 1.49. The van der Waals surface area contributed by atoms with Gasteiger partial charge >= 0.3 is 0 Å². The van der Waals surface area contributed by atoms with Crippen LogP contribution in [0.2, 0.25) is 0 Å². The average molecular weight is 153 g/mol. The summed E-state index contributed by atoms with van der Waals surface area (Å²) in [4.78, 5) is 11.5. The van der Waals surface area contributed by atoms with E-state index in [4.69, 9.17) is 5.73 Å². The van der Waals surface area contributed by atoms with Crippen molar-refractivity contribution >= 4 is 23.3 Å². The lowest BCUT2D eigenvalue weighted by atomic mass is 10.2. The third-order valence-corrected chi connectivity index (χ3v) is 2.06. The maximum absolute atomic E-state index is 10.6. The number of hydrogen-bond donors (Lipinski definition) is 1. The van der Waals surface area contributed by atoms with Crippen molar-refractivity contribution in [1.82, 2.24) is 0 Å². The van der Waals surface area contributed by atoms with Gasteiger partial charge in [-0.05, 0) is 11.4 Å². The van der Waals surface area contributed by atoms with Crippen LogP contribution in [0.15, 0.2) is 18.0 Å². The maximum atomic E-state index is 10.6. The van der Waals surface area contributed by atoms with Crippen molar-refractivity contribution < 1.29 is 4.79 Å². The number of primary amides is 1. The van der Waals surface area contributed by atoms with Crippen molar-refractivity contribution in [3.63, 3.8) is 0 Å². The van der Waals surface area contributed by atoms with E-state index in [2.05, 4.69) is 6.58 Å². The van der Waals surface area contributed by atoms with Crippen LogP contribution in [-0.4, -0.2) is 5.91 Å². The number of carbonyl (C=O) groups is 1. The van der Waals surface area contributed by atoms with Crippen molar-refractivity contribution in [2.45, 2.75) is 0 Å². The summed E-state index contributed by atoms with van der Waals surface area (Å²) in [6, 6.07) is 1.70. The second-order valence-corrected chi connectivity index (χ2v) is 2.71. The Morgan fingerprint density at radius 1 is 1.80 bits per heavy atom. The molecule has 0 spiro atoms. The van der Waals surface area contributed by atoms with Gasteiger partial charge < -0.3 is 5.73 Å². The summed E-state index contributed by atoms with van der Waals surface area (Å²) in [5, 5.41) is 1.82. The van der Waals surface area contributed by atoms with Crippen molar-refractivity contribution in [1.29, 1.82) is 0 Å². The van der Waals surface area contributed by atoms with Crippen LogP contribution in [0.5, 0.6) is 0 Å². The van der Waals surface area contributed by atoms with Gasteiger partial charge in [-0.1, -0.05) is 12.7 Å². The summed E-state index contributed by atoms with van der Waals surface area (Å²) in [5.74, 6) is -0.392. The van der Waals surface area contributed by atoms with E-state index in [1.807, 2.05) is 5.38 Å². The van der Waals surface area contributed by atoms with Crippen LogP contribution in [0, 0.1) is 0 Å². The fourth-order valence-electron chi connectivity index (χ4n) is 0.683. The van der Waals surface area contributed by atoms with E-state index in [0.717, 1.165) is 4.88 Å². The maximum Gasteiger partial charge on any atom is 0.250 e. The molecule has 2 N–H and O–H groups in total. The second-order valence-electron chi connectivity index (χ2n) is 1.77. The van der Waals surface area contributed by atoms with Crippen LogP contribution in [0.3, 0.4) is 0 Å². The van der Waals surface area contributed by atoms with E-state index >= 15 is 0 Å². The standard InChI is InChI=1S/C7H7NOS/c1-2-6-5(7(8)9)3-4-10-6/h2-4H,1H2,(H2,8,9). The van der Waals surface area contributed by atoms with Gasteiger partial charge in [0, 0.05) is 4.88 Å². The molecule has 1 heterocycles. The molecule has 0 aliphatic carbocycles. The molecule has 0 aliphatic heterocycles. The summed E-state index contributed by atoms with van der Waals surface area (Å²) in [7, 11) is 0. The zero-order valence-corrected chi connectivity index (χ0v) is 6.15. The zero-order chi connectivity index (χ0) is 7.56. The third kappa shape index (κ3) is 1.09. The monoisotopic (exact) mass is 153 g/mol. The Balaban J connectivity index is 3.13. The molecule has 0 radical (unpaired) electrons. The first-order valence-electron chi connectivity index (χ1n) is 2.75. The number of carbonyl (C=O) groups excluding carboxylic acids is 1. The van der Waals surface area contributed by atoms with Crippen LogP contribution in [0.25, 0.3) is 6.08 Å². The molecule has 0 bridgehead atoms. The van der Waals surface area contributed by atoms with Crippen molar-refractivity contribution in [3.8, 4) is 0 Å². The Labute approximate surface area is 63.0 Å². The van der Waals surface area contributed by atoms with Crippen molar-refractivity contribution in [2.75, 3.05) is 0 Å². The minimum atomic E-state index is -0.392. The van der Waals surface area contributed by atoms with Crippen LogP contribution < -0.4 is 5.73 Å². The van der Waals surface area contributed by atoms with E-state index < -0.39 is 5.91 Å². The summed E-state index contributed by atoms with van der Waals surface area (Å²) in [6.45, 7) is 3.55. The first kappa shape index (κ1) is 7.02. The number of amides is 1. The van der Waals surface area contributed by atoms with E-state index in [9.17, 15) is 4.79 Å². The molecule has 0 saturated carbocycles. The molecule has 52 valence electrons. The Hall–Kier alpha value is -1.09. The highest BCUT2D eigenvalue weighted by Crippen LogP contribution is 2.16. The molecule has 0 aromatic carbocycles. The lowest BCUT2D eigenvalue weighted by molar-refractivity contribution is 0.100. The van der Waals surface area contributed by atoms with Gasteiger partial charge in [0.2, 0.25) is 5.91 Å². The largest absolute Gasteiger partial charge is 0.366 e. The molecule has 0 atom stereocenters. The summed E-state index contributed by atoms with van der Waals surface area (Å²) < 4.78 is 0. The summed E-state index contributed by atoms with van der Waals surface area (Å²) >= 11 is 1.46. The van der Waals surface area contributed by atoms with Gasteiger partial charge in [0.25, 0.3) is 0 Å². The van der Waals surface area contributed by atoms with Gasteiger partial charge in [-0.3, -0.25) is 4.79 Å². The van der Waals surface area contributed by atoms with E-state index in [1.54, 1.807) is 12.1 Å². The highest BCUT2D eigenvalue weighted by atomic mass is 32.1. The van der Waals surface area contributed by atoms with Gasteiger partial charge in [-0.25, -0.2) is 0 Å². The minimum absolute atomic E-state index is 0.392. The topological polar surface area (TPSA) is 43.1 Å². The molecule has 1 aromatic heterocycles. The quantitative estimate of drug-likeness (QED) is 0.687. The van der Waals surface area contributed by atoms with Gasteiger partial charge in [0.05, 0.1) is 5.56 Å². The molecule has 10 heavy (non-hydrogen) atoms. The fraction of sp³-hybridized carbons (Fsp3) is 0. The van der Waals surface area contributed by atoms with Gasteiger partial charge in [0.15, 0.2) is 0 Å². The Morgan fingerprint density at radius 2 is 2.50 bits per heavy atom. The van der Waals surface area contributed by atoms with Crippen molar-refractivity contribution in [3.05, 3.63) is 28.5 Å². The zero-order valence-electron chi connectivity index (χ0n) is 5.33. The summed E-state index contributed by atoms with van der Waals surface area (Å²) in [6.07, 6.45) is 1.63. The molecule has 1 rings (SSSR count). The molecule has 0 aliphatic rings. The van der Waals surface area contributed by atoms with Gasteiger partial charge in [-0.2, -0.15) is 0 Å². The number of rotatable bonds is 2. The molecule has 0 saturated heterocycles. The Bertz CT molecular complexity index is 264. The minimum Gasteiger partial charge on any atom is -0.366 e. The molecule has 0 fully saturated rings. The van der Waals surface area contributed by atoms with Crippen LogP contribution in [-0.2, 0) is 0 Å². The Morgan fingerprint density at radius 3 is 2.90 bits per heavy atom. The molecule has 1 aromatic rings. The van der Waals surface area contributed by atoms with Gasteiger partial charge in [0.1, 0.15) is 0 Å². The fourth-order valence-corrected chi connectivity index (χ4v) is 1.43. The number of thiophene rings is 1. The lowest BCUT2D eigenvalue weighted by Gasteiger charge is -1.89. The molecule has 1 amide bonds.